The smallest absolute Gasteiger partial charge is 0.337 e. The predicted molar refractivity (Wildman–Crippen MR) is 67.8 cm³/mol. The molecule has 1 heterocycles. The van der Waals surface area contributed by atoms with E-state index in [1.54, 1.807) is 18.3 Å². The van der Waals surface area contributed by atoms with Crippen LogP contribution in [-0.2, 0) is 4.74 Å². The molecule has 3 heteroatoms. The Balaban J connectivity index is 2.54. The van der Waals surface area contributed by atoms with Crippen molar-refractivity contribution in [1.29, 1.82) is 0 Å². The molecule has 0 amide bonds. The van der Waals surface area contributed by atoms with Crippen LogP contribution in [-0.4, -0.2) is 18.1 Å². The van der Waals surface area contributed by atoms with Gasteiger partial charge in [-0.15, -0.1) is 0 Å². The number of allylic oxidation sites excluding steroid dienone is 1. The van der Waals surface area contributed by atoms with Gasteiger partial charge >= 0.3 is 5.97 Å². The largest absolute Gasteiger partial charge is 0.465 e. The highest BCUT2D eigenvalue weighted by atomic mass is 16.5. The van der Waals surface area contributed by atoms with Crippen LogP contribution in [0, 0.1) is 0 Å². The van der Waals surface area contributed by atoms with Crippen LogP contribution in [0.4, 0.5) is 0 Å². The molecule has 86 valence electrons. The molecule has 2 aromatic rings. The van der Waals surface area contributed by atoms with E-state index in [1.807, 2.05) is 31.2 Å². The van der Waals surface area contributed by atoms with Crippen LogP contribution in [0.25, 0.3) is 17.0 Å². The minimum Gasteiger partial charge on any atom is -0.465 e. The summed E-state index contributed by atoms with van der Waals surface area (Å²) < 4.78 is 4.69. The molecule has 3 nitrogen and oxygen atoms in total. The topological polar surface area (TPSA) is 39.2 Å². The fraction of sp³-hybridized carbons (Fsp3) is 0.143. The zero-order valence-corrected chi connectivity index (χ0v) is 9.81. The van der Waals surface area contributed by atoms with E-state index in [0.717, 1.165) is 16.5 Å². The number of benzene rings is 1. The Kier molecular flexibility index (Phi) is 3.19. The van der Waals surface area contributed by atoms with Crippen molar-refractivity contribution in [3.8, 4) is 0 Å². The molecule has 0 spiro atoms. The summed E-state index contributed by atoms with van der Waals surface area (Å²) in [6.07, 6.45) is 5.73. The second kappa shape index (κ2) is 4.78. The first-order valence-electron chi connectivity index (χ1n) is 5.35. The first kappa shape index (κ1) is 11.3. The van der Waals surface area contributed by atoms with E-state index < -0.39 is 0 Å². The van der Waals surface area contributed by atoms with Crippen molar-refractivity contribution in [3.05, 3.63) is 47.7 Å². The summed E-state index contributed by atoms with van der Waals surface area (Å²) in [5.74, 6) is -0.330. The molecule has 0 N–H and O–H groups in total. The maximum absolute atomic E-state index is 11.4. The van der Waals surface area contributed by atoms with E-state index in [2.05, 4.69) is 9.72 Å². The predicted octanol–water partition coefficient (Wildman–Crippen LogP) is 3.05. The Morgan fingerprint density at radius 2 is 2.18 bits per heavy atom. The molecule has 0 radical (unpaired) electrons. The van der Waals surface area contributed by atoms with Crippen LogP contribution in [0.3, 0.4) is 0 Å². The number of hydrogen-bond acceptors (Lipinski definition) is 3. The number of nitrogens with zero attached hydrogens (tertiary/aromatic N) is 1. The maximum Gasteiger partial charge on any atom is 0.337 e. The van der Waals surface area contributed by atoms with Crippen molar-refractivity contribution >= 4 is 22.9 Å². The number of carbonyl (C=O) groups excluding carboxylic acids is 1. The third-order valence-corrected chi connectivity index (χ3v) is 2.48. The molecule has 2 rings (SSSR count). The quantitative estimate of drug-likeness (QED) is 0.740. The Morgan fingerprint density at radius 3 is 2.88 bits per heavy atom. The number of pyridine rings is 1. The second-order valence-corrected chi connectivity index (χ2v) is 3.67. The van der Waals surface area contributed by atoms with Gasteiger partial charge in [-0.1, -0.05) is 12.2 Å². The van der Waals surface area contributed by atoms with Gasteiger partial charge in [-0.05, 0) is 36.8 Å². The molecule has 0 saturated heterocycles. The molecule has 0 atom stereocenters. The maximum atomic E-state index is 11.4. The number of hydrogen-bond donors (Lipinski definition) is 0. The standard InChI is InChI=1S/C14H13NO2/c1-3-4-10-7-12-8-11(14(16)17-2)5-6-13(12)15-9-10/h3-9H,1-2H3. The number of aromatic nitrogens is 1. The van der Waals surface area contributed by atoms with Crippen molar-refractivity contribution < 1.29 is 9.53 Å². The summed E-state index contributed by atoms with van der Waals surface area (Å²) in [4.78, 5) is 15.7. The van der Waals surface area contributed by atoms with Crippen molar-refractivity contribution in [2.75, 3.05) is 7.11 Å². The molecule has 17 heavy (non-hydrogen) atoms. The highest BCUT2D eigenvalue weighted by molar-refractivity contribution is 5.94. The second-order valence-electron chi connectivity index (χ2n) is 3.67. The first-order valence-corrected chi connectivity index (χ1v) is 5.35. The monoisotopic (exact) mass is 227 g/mol. The summed E-state index contributed by atoms with van der Waals surface area (Å²) >= 11 is 0. The SMILES string of the molecule is CC=Cc1cnc2ccc(C(=O)OC)cc2c1. The third kappa shape index (κ3) is 2.33. The zero-order chi connectivity index (χ0) is 12.3. The van der Waals surface area contributed by atoms with Crippen molar-refractivity contribution in [3.63, 3.8) is 0 Å². The molecule has 0 fully saturated rings. The van der Waals surface area contributed by atoms with Crippen LogP contribution in [0.5, 0.6) is 0 Å². The molecule has 0 saturated carbocycles. The van der Waals surface area contributed by atoms with Gasteiger partial charge in [0.2, 0.25) is 0 Å². The summed E-state index contributed by atoms with van der Waals surface area (Å²) in [7, 11) is 1.38. The molecule has 0 bridgehead atoms. The Labute approximate surface area is 99.7 Å². The van der Waals surface area contributed by atoms with Crippen molar-refractivity contribution in [2.45, 2.75) is 6.92 Å². The lowest BCUT2D eigenvalue weighted by molar-refractivity contribution is 0.0601. The Morgan fingerprint density at radius 1 is 1.35 bits per heavy atom. The van der Waals surface area contributed by atoms with Crippen molar-refractivity contribution in [1.82, 2.24) is 4.98 Å². The van der Waals surface area contributed by atoms with Gasteiger partial charge in [-0.25, -0.2) is 4.79 Å². The van der Waals surface area contributed by atoms with Crippen LogP contribution in [0.2, 0.25) is 0 Å². The van der Waals surface area contributed by atoms with Crippen LogP contribution >= 0.6 is 0 Å². The lowest BCUT2D eigenvalue weighted by Crippen LogP contribution is -2.00. The molecule has 0 aliphatic rings. The van der Waals surface area contributed by atoms with E-state index in [0.29, 0.717) is 5.56 Å². The average molecular weight is 227 g/mol. The molecule has 0 aliphatic carbocycles. The summed E-state index contributed by atoms with van der Waals surface area (Å²) in [6.45, 7) is 1.95. The minimum absolute atomic E-state index is 0.330. The van der Waals surface area contributed by atoms with Crippen molar-refractivity contribution in [2.24, 2.45) is 0 Å². The molecule has 0 unspecified atom stereocenters. The zero-order valence-electron chi connectivity index (χ0n) is 9.81. The fourth-order valence-electron chi connectivity index (χ4n) is 1.68. The van der Waals surface area contributed by atoms with Gasteiger partial charge in [-0.3, -0.25) is 4.98 Å². The average Bonchev–Trinajstić information content (AvgIpc) is 2.37. The Bertz CT molecular complexity index is 588. The molecule has 0 aliphatic heterocycles. The lowest BCUT2D eigenvalue weighted by Gasteiger charge is -2.02. The normalized spacial score (nSPS) is 10.9. The lowest BCUT2D eigenvalue weighted by atomic mass is 10.1. The molecule has 1 aromatic heterocycles. The number of methoxy groups -OCH3 is 1. The van der Waals surface area contributed by atoms with Crippen LogP contribution < -0.4 is 0 Å². The first-order chi connectivity index (χ1) is 8.24. The van der Waals surface area contributed by atoms with Crippen LogP contribution in [0.1, 0.15) is 22.8 Å². The molecular weight excluding hydrogens is 214 g/mol. The van der Waals surface area contributed by atoms with Gasteiger partial charge in [0, 0.05) is 11.6 Å². The van der Waals surface area contributed by atoms with Gasteiger partial charge in [0.15, 0.2) is 0 Å². The van der Waals surface area contributed by atoms with Gasteiger partial charge in [0.1, 0.15) is 0 Å². The molecule has 1 aromatic carbocycles. The molecular formula is C14H13NO2. The van der Waals surface area contributed by atoms with Gasteiger partial charge in [-0.2, -0.15) is 0 Å². The van der Waals surface area contributed by atoms with E-state index in [9.17, 15) is 4.79 Å². The highest BCUT2D eigenvalue weighted by Crippen LogP contribution is 2.16. The Hall–Kier alpha value is -2.16. The number of fused-ring (bicyclic) bond motifs is 1. The minimum atomic E-state index is -0.330. The van der Waals surface area contributed by atoms with Gasteiger partial charge < -0.3 is 4.74 Å². The van der Waals surface area contributed by atoms with E-state index >= 15 is 0 Å². The summed E-state index contributed by atoms with van der Waals surface area (Å²) in [5.41, 5.74) is 2.42. The summed E-state index contributed by atoms with van der Waals surface area (Å²) in [5, 5.41) is 0.934. The van der Waals surface area contributed by atoms with Gasteiger partial charge in [0.05, 0.1) is 18.2 Å². The summed E-state index contributed by atoms with van der Waals surface area (Å²) in [6, 6.07) is 7.33. The number of ether oxygens (including phenoxy) is 1. The third-order valence-electron chi connectivity index (χ3n) is 2.48. The number of carbonyl (C=O) groups is 1. The number of rotatable bonds is 2. The highest BCUT2D eigenvalue weighted by Gasteiger charge is 2.06. The van der Waals surface area contributed by atoms with E-state index in [-0.39, 0.29) is 5.97 Å². The fourth-order valence-corrected chi connectivity index (χ4v) is 1.68. The van der Waals surface area contributed by atoms with Gasteiger partial charge in [0.25, 0.3) is 0 Å². The van der Waals surface area contributed by atoms with Crippen LogP contribution in [0.15, 0.2) is 36.5 Å². The van der Waals surface area contributed by atoms with E-state index in [1.165, 1.54) is 7.11 Å². The number of esters is 1. The van der Waals surface area contributed by atoms with E-state index in [4.69, 9.17) is 0 Å².